The van der Waals surface area contributed by atoms with Crippen molar-refractivity contribution in [2.75, 3.05) is 0 Å². The zero-order valence-corrected chi connectivity index (χ0v) is 10.1. The van der Waals surface area contributed by atoms with Crippen molar-refractivity contribution in [2.45, 2.75) is 26.2 Å². The van der Waals surface area contributed by atoms with Gasteiger partial charge in [0.2, 0.25) is 5.56 Å². The number of fused-ring (bicyclic) bond motifs is 1. The van der Waals surface area contributed by atoms with E-state index in [0.717, 1.165) is 24.8 Å². The van der Waals surface area contributed by atoms with E-state index >= 15 is 0 Å². The number of aromatic carboxylic acids is 1. The van der Waals surface area contributed by atoms with Crippen LogP contribution in [0.1, 0.15) is 35.7 Å². The summed E-state index contributed by atoms with van der Waals surface area (Å²) >= 11 is 0. The fraction of sp³-hybridized carbons (Fsp3) is 0.308. The maximum Gasteiger partial charge on any atom is 0.339 e. The van der Waals surface area contributed by atoms with Gasteiger partial charge in [-0.3, -0.25) is 9.78 Å². The lowest BCUT2D eigenvalue weighted by Crippen LogP contribution is -2.10. The van der Waals surface area contributed by atoms with Crippen LogP contribution >= 0.6 is 0 Å². The second-order valence-corrected chi connectivity index (χ2v) is 4.18. The van der Waals surface area contributed by atoms with Gasteiger partial charge in [0.05, 0.1) is 5.52 Å². The van der Waals surface area contributed by atoms with Crippen LogP contribution in [0.5, 0.6) is 0 Å². The zero-order valence-electron chi connectivity index (χ0n) is 10.1. The molecule has 5 heteroatoms. The van der Waals surface area contributed by atoms with Crippen LogP contribution in [-0.2, 0) is 6.42 Å². The van der Waals surface area contributed by atoms with E-state index in [9.17, 15) is 9.59 Å². The lowest BCUT2D eigenvalue weighted by atomic mass is 10.0. The third-order valence-electron chi connectivity index (χ3n) is 2.88. The molecular weight excluding hydrogens is 232 g/mol. The molecule has 0 aliphatic rings. The number of carbonyl (C=O) groups is 1. The first-order valence-corrected chi connectivity index (χ1v) is 5.86. The lowest BCUT2D eigenvalue weighted by Gasteiger charge is -2.07. The summed E-state index contributed by atoms with van der Waals surface area (Å²) in [6.07, 6.45) is 5.57. The van der Waals surface area contributed by atoms with Gasteiger partial charge in [0, 0.05) is 23.8 Å². The molecule has 0 saturated carbocycles. The van der Waals surface area contributed by atoms with Crippen molar-refractivity contribution in [3.8, 4) is 0 Å². The minimum atomic E-state index is -1.09. The third-order valence-corrected chi connectivity index (χ3v) is 2.88. The molecule has 0 bridgehead atoms. The predicted octanol–water partition coefficient (Wildman–Crippen LogP) is 1.96. The Morgan fingerprint density at radius 1 is 1.44 bits per heavy atom. The van der Waals surface area contributed by atoms with E-state index in [1.54, 1.807) is 6.20 Å². The molecule has 0 aliphatic carbocycles. The van der Waals surface area contributed by atoms with Crippen LogP contribution in [0.4, 0.5) is 0 Å². The van der Waals surface area contributed by atoms with Crippen molar-refractivity contribution >= 4 is 16.9 Å². The summed E-state index contributed by atoms with van der Waals surface area (Å²) in [5.74, 6) is -1.09. The first kappa shape index (κ1) is 12.3. The molecule has 0 fully saturated rings. The van der Waals surface area contributed by atoms with E-state index in [0.29, 0.717) is 10.9 Å². The summed E-state index contributed by atoms with van der Waals surface area (Å²) < 4.78 is 0. The van der Waals surface area contributed by atoms with Crippen molar-refractivity contribution in [1.82, 2.24) is 9.97 Å². The summed E-state index contributed by atoms with van der Waals surface area (Å²) in [6, 6.07) is 1.52. The van der Waals surface area contributed by atoms with Crippen molar-refractivity contribution < 1.29 is 9.90 Å². The van der Waals surface area contributed by atoms with Crippen LogP contribution in [-0.4, -0.2) is 21.0 Å². The molecule has 2 aromatic heterocycles. The predicted molar refractivity (Wildman–Crippen MR) is 67.9 cm³/mol. The Labute approximate surface area is 103 Å². The molecule has 2 N–H and O–H groups in total. The molecule has 0 aliphatic heterocycles. The maximum absolute atomic E-state index is 11.6. The Balaban J connectivity index is 2.69. The summed E-state index contributed by atoms with van der Waals surface area (Å²) in [7, 11) is 0. The van der Waals surface area contributed by atoms with Crippen molar-refractivity contribution in [3.63, 3.8) is 0 Å². The standard InChI is InChI=1S/C13H14N2O3/c1-2-3-4-8-5-11(16)15-12-9(8)6-14-7-10(12)13(17)18/h5-7H,2-4H2,1H3,(H,15,16)(H,17,18). The molecule has 2 heterocycles. The molecule has 0 atom stereocenters. The fourth-order valence-corrected chi connectivity index (χ4v) is 1.97. The minimum absolute atomic E-state index is 0.0305. The normalized spacial score (nSPS) is 10.7. The smallest absolute Gasteiger partial charge is 0.339 e. The van der Waals surface area contributed by atoms with E-state index in [2.05, 4.69) is 16.9 Å². The number of H-pyrrole nitrogens is 1. The number of pyridine rings is 2. The Bertz CT molecular complexity index is 646. The molecule has 94 valence electrons. The van der Waals surface area contributed by atoms with Crippen molar-refractivity contribution in [2.24, 2.45) is 0 Å². The number of aromatic nitrogens is 2. The second kappa shape index (κ2) is 5.00. The average Bonchev–Trinajstić information content (AvgIpc) is 2.34. The number of nitrogens with zero attached hydrogens (tertiary/aromatic N) is 1. The molecule has 0 radical (unpaired) electrons. The van der Waals surface area contributed by atoms with Gasteiger partial charge in [-0.15, -0.1) is 0 Å². The molecule has 18 heavy (non-hydrogen) atoms. The number of carboxylic acids is 1. The third kappa shape index (κ3) is 2.25. The first-order valence-electron chi connectivity index (χ1n) is 5.86. The number of aromatic amines is 1. The summed E-state index contributed by atoms with van der Waals surface area (Å²) in [6.45, 7) is 2.07. The van der Waals surface area contributed by atoms with Crippen molar-refractivity contribution in [1.29, 1.82) is 0 Å². The molecule has 0 saturated heterocycles. The van der Waals surface area contributed by atoms with Crippen LogP contribution in [0.3, 0.4) is 0 Å². The van der Waals surface area contributed by atoms with Crippen molar-refractivity contribution in [3.05, 3.63) is 39.9 Å². The van der Waals surface area contributed by atoms with E-state index in [1.165, 1.54) is 12.3 Å². The van der Waals surface area contributed by atoms with Gasteiger partial charge < -0.3 is 10.1 Å². The molecule has 0 unspecified atom stereocenters. The highest BCUT2D eigenvalue weighted by molar-refractivity contribution is 6.01. The van der Waals surface area contributed by atoms with Gasteiger partial charge in [-0.25, -0.2) is 4.79 Å². The van der Waals surface area contributed by atoms with Gasteiger partial charge in [0.1, 0.15) is 5.56 Å². The van der Waals surface area contributed by atoms with Crippen LogP contribution in [0.25, 0.3) is 10.9 Å². The highest BCUT2D eigenvalue weighted by Gasteiger charge is 2.12. The number of hydrogen-bond acceptors (Lipinski definition) is 3. The Hall–Kier alpha value is -2.17. The van der Waals surface area contributed by atoms with E-state index < -0.39 is 5.97 Å². The topological polar surface area (TPSA) is 83.0 Å². The number of nitrogens with one attached hydrogen (secondary N) is 1. The number of hydrogen-bond donors (Lipinski definition) is 2. The fourth-order valence-electron chi connectivity index (χ4n) is 1.97. The van der Waals surface area contributed by atoms with Gasteiger partial charge in [0.15, 0.2) is 0 Å². The average molecular weight is 246 g/mol. The number of rotatable bonds is 4. The summed E-state index contributed by atoms with van der Waals surface area (Å²) in [4.78, 5) is 29.2. The molecular formula is C13H14N2O3. The Kier molecular flexibility index (Phi) is 3.41. The molecule has 0 spiro atoms. The SMILES string of the molecule is CCCCc1cc(=O)[nH]c2c(C(=O)O)cncc12. The minimum Gasteiger partial charge on any atom is -0.478 e. The molecule has 2 aromatic rings. The van der Waals surface area contributed by atoms with Crippen LogP contribution in [0.15, 0.2) is 23.3 Å². The van der Waals surface area contributed by atoms with Gasteiger partial charge in [-0.05, 0) is 18.4 Å². The number of carboxylic acid groups (broad SMARTS) is 1. The highest BCUT2D eigenvalue weighted by atomic mass is 16.4. The molecule has 0 aromatic carbocycles. The molecule has 5 nitrogen and oxygen atoms in total. The summed E-state index contributed by atoms with van der Waals surface area (Å²) in [5, 5.41) is 9.79. The van der Waals surface area contributed by atoms with Gasteiger partial charge in [-0.1, -0.05) is 13.3 Å². The lowest BCUT2D eigenvalue weighted by molar-refractivity contribution is 0.0698. The number of unbranched alkanes of at least 4 members (excludes halogenated alkanes) is 1. The number of aryl methyl sites for hydroxylation is 1. The van der Waals surface area contributed by atoms with Crippen LogP contribution in [0.2, 0.25) is 0 Å². The summed E-state index contributed by atoms with van der Waals surface area (Å²) in [5.41, 5.74) is 0.965. The maximum atomic E-state index is 11.6. The van der Waals surface area contributed by atoms with Crippen LogP contribution in [0, 0.1) is 0 Å². The Morgan fingerprint density at radius 2 is 2.22 bits per heavy atom. The quantitative estimate of drug-likeness (QED) is 0.863. The highest BCUT2D eigenvalue weighted by Crippen LogP contribution is 2.19. The monoisotopic (exact) mass is 246 g/mol. The van der Waals surface area contributed by atoms with Gasteiger partial charge in [0.25, 0.3) is 0 Å². The molecule has 2 rings (SSSR count). The molecule has 0 amide bonds. The Morgan fingerprint density at radius 3 is 2.89 bits per heavy atom. The zero-order chi connectivity index (χ0) is 13.1. The first-order chi connectivity index (χ1) is 8.63. The van der Waals surface area contributed by atoms with E-state index in [-0.39, 0.29) is 11.1 Å². The van der Waals surface area contributed by atoms with Gasteiger partial charge >= 0.3 is 5.97 Å². The second-order valence-electron chi connectivity index (χ2n) is 4.18. The largest absolute Gasteiger partial charge is 0.478 e. The van der Waals surface area contributed by atoms with Gasteiger partial charge in [-0.2, -0.15) is 0 Å². The van der Waals surface area contributed by atoms with Crippen LogP contribution < -0.4 is 5.56 Å². The van der Waals surface area contributed by atoms with E-state index in [4.69, 9.17) is 5.11 Å². The van der Waals surface area contributed by atoms with E-state index in [1.807, 2.05) is 0 Å².